The van der Waals surface area contributed by atoms with Gasteiger partial charge in [-0.15, -0.1) is 6.58 Å². The third-order valence-corrected chi connectivity index (χ3v) is 5.60. The van der Waals surface area contributed by atoms with Gasteiger partial charge < -0.3 is 5.32 Å². The predicted molar refractivity (Wildman–Crippen MR) is 117 cm³/mol. The number of aliphatic imine (C=N–C) groups is 1. The lowest BCUT2D eigenvalue weighted by Crippen LogP contribution is -2.33. The first kappa shape index (κ1) is 20.5. The van der Waals surface area contributed by atoms with E-state index in [9.17, 15) is 9.59 Å². The summed E-state index contributed by atoms with van der Waals surface area (Å²) in [6.45, 7) is 3.99. The first-order valence-corrected chi connectivity index (χ1v) is 10.1. The van der Waals surface area contributed by atoms with Crippen LogP contribution in [0.1, 0.15) is 6.42 Å². The molecule has 1 N–H and O–H groups in total. The second-order valence-corrected chi connectivity index (χ2v) is 7.97. The summed E-state index contributed by atoms with van der Waals surface area (Å²) < 4.78 is 0. The first-order chi connectivity index (χ1) is 13.5. The van der Waals surface area contributed by atoms with Crippen molar-refractivity contribution in [2.45, 2.75) is 11.7 Å². The number of amidine groups is 1. The van der Waals surface area contributed by atoms with Gasteiger partial charge >= 0.3 is 0 Å². The number of nitrogens with one attached hydrogen (secondary N) is 1. The van der Waals surface area contributed by atoms with Crippen molar-refractivity contribution < 1.29 is 9.59 Å². The van der Waals surface area contributed by atoms with Crippen molar-refractivity contribution in [2.75, 3.05) is 11.9 Å². The molecule has 1 heterocycles. The van der Waals surface area contributed by atoms with E-state index in [1.165, 1.54) is 16.7 Å². The van der Waals surface area contributed by atoms with Crippen LogP contribution in [0.4, 0.5) is 11.4 Å². The summed E-state index contributed by atoms with van der Waals surface area (Å²) in [4.78, 5) is 31.1. The van der Waals surface area contributed by atoms with Crippen LogP contribution < -0.4 is 5.32 Å². The Morgan fingerprint density at radius 2 is 2.00 bits per heavy atom. The van der Waals surface area contributed by atoms with Crippen molar-refractivity contribution in [1.82, 2.24) is 4.90 Å². The number of hydrogen-bond donors (Lipinski definition) is 1. The Kier molecular flexibility index (Phi) is 6.78. The van der Waals surface area contributed by atoms with Crippen molar-refractivity contribution in [3.63, 3.8) is 0 Å². The van der Waals surface area contributed by atoms with E-state index < -0.39 is 5.25 Å². The number of carbonyl (C=O) groups is 2. The van der Waals surface area contributed by atoms with Crippen LogP contribution in [0.25, 0.3) is 0 Å². The monoisotopic (exact) mass is 433 g/mol. The van der Waals surface area contributed by atoms with Gasteiger partial charge in [-0.25, -0.2) is 4.99 Å². The Labute approximate surface area is 177 Å². The Balaban J connectivity index is 1.77. The number of hydrogen-bond acceptors (Lipinski definition) is 4. The number of anilines is 1. The average molecular weight is 434 g/mol. The normalized spacial score (nSPS) is 17.8. The summed E-state index contributed by atoms with van der Waals surface area (Å²) in [5.41, 5.74) is 1.19. The maximum absolute atomic E-state index is 12.8. The minimum atomic E-state index is -0.562. The highest BCUT2D eigenvalue weighted by atomic mass is 35.5. The van der Waals surface area contributed by atoms with E-state index in [1.54, 1.807) is 36.4 Å². The fraction of sp³-hybridized carbons (Fsp3) is 0.150. The SMILES string of the molecule is C=CCN1C(=O)C(CC(=O)Nc2ccccc2)SC1=Nc1ccc(Cl)cc1Cl. The van der Waals surface area contributed by atoms with E-state index in [1.807, 2.05) is 18.2 Å². The highest BCUT2D eigenvalue weighted by molar-refractivity contribution is 8.15. The predicted octanol–water partition coefficient (Wildman–Crippen LogP) is 5.14. The molecule has 28 heavy (non-hydrogen) atoms. The van der Waals surface area contributed by atoms with Crippen LogP contribution in [0.15, 0.2) is 66.2 Å². The molecular weight excluding hydrogens is 417 g/mol. The van der Waals surface area contributed by atoms with E-state index in [2.05, 4.69) is 16.9 Å². The highest BCUT2D eigenvalue weighted by Gasteiger charge is 2.38. The molecule has 5 nitrogen and oxygen atoms in total. The molecule has 2 amide bonds. The van der Waals surface area contributed by atoms with Crippen LogP contribution in [0.3, 0.4) is 0 Å². The Bertz CT molecular complexity index is 934. The molecule has 0 bridgehead atoms. The maximum atomic E-state index is 12.8. The van der Waals surface area contributed by atoms with Gasteiger partial charge in [-0.05, 0) is 30.3 Å². The van der Waals surface area contributed by atoms with Gasteiger partial charge in [-0.2, -0.15) is 0 Å². The first-order valence-electron chi connectivity index (χ1n) is 8.45. The number of carbonyl (C=O) groups excluding carboxylic acids is 2. The standard InChI is InChI=1S/C20H17Cl2N3O2S/c1-2-10-25-19(27)17(12-18(26)23-14-6-4-3-5-7-14)28-20(25)24-16-9-8-13(21)11-15(16)22/h2-9,11,17H,1,10,12H2,(H,23,26). The largest absolute Gasteiger partial charge is 0.326 e. The summed E-state index contributed by atoms with van der Waals surface area (Å²) in [6.07, 6.45) is 1.66. The van der Waals surface area contributed by atoms with Crippen molar-refractivity contribution in [1.29, 1.82) is 0 Å². The van der Waals surface area contributed by atoms with Crippen molar-refractivity contribution in [3.8, 4) is 0 Å². The minimum absolute atomic E-state index is 0.0411. The van der Waals surface area contributed by atoms with Crippen LogP contribution in [0.5, 0.6) is 0 Å². The Morgan fingerprint density at radius 1 is 1.25 bits per heavy atom. The number of halogens is 2. The van der Waals surface area contributed by atoms with E-state index >= 15 is 0 Å². The summed E-state index contributed by atoms with van der Waals surface area (Å²) in [5, 5.41) is 3.60. The Hall–Kier alpha value is -2.28. The van der Waals surface area contributed by atoms with Gasteiger partial charge in [0.25, 0.3) is 0 Å². The molecule has 1 fully saturated rings. The van der Waals surface area contributed by atoms with Gasteiger partial charge in [0.05, 0.1) is 10.7 Å². The molecular formula is C20H17Cl2N3O2S. The molecule has 3 rings (SSSR count). The maximum Gasteiger partial charge on any atom is 0.242 e. The van der Waals surface area contributed by atoms with Crippen LogP contribution in [0, 0.1) is 0 Å². The number of nitrogens with zero attached hydrogens (tertiary/aromatic N) is 2. The lowest BCUT2D eigenvalue weighted by atomic mass is 10.2. The molecule has 1 unspecified atom stereocenters. The van der Waals surface area contributed by atoms with Gasteiger partial charge in [0, 0.05) is 23.7 Å². The van der Waals surface area contributed by atoms with Crippen molar-refractivity contribution in [3.05, 3.63) is 71.2 Å². The van der Waals surface area contributed by atoms with Crippen LogP contribution >= 0.6 is 35.0 Å². The molecule has 144 valence electrons. The molecule has 1 atom stereocenters. The third kappa shape index (κ3) is 4.95. The molecule has 1 aliphatic rings. The highest BCUT2D eigenvalue weighted by Crippen LogP contribution is 2.34. The fourth-order valence-electron chi connectivity index (χ4n) is 2.60. The van der Waals surface area contributed by atoms with E-state index in [-0.39, 0.29) is 18.2 Å². The van der Waals surface area contributed by atoms with Crippen molar-refractivity contribution in [2.24, 2.45) is 4.99 Å². The molecule has 1 aliphatic heterocycles. The third-order valence-electron chi connectivity index (χ3n) is 3.89. The molecule has 2 aromatic rings. The quantitative estimate of drug-likeness (QED) is 0.641. The van der Waals surface area contributed by atoms with E-state index in [0.29, 0.717) is 33.1 Å². The number of rotatable bonds is 6. The van der Waals surface area contributed by atoms with Crippen LogP contribution in [-0.2, 0) is 9.59 Å². The smallest absolute Gasteiger partial charge is 0.242 e. The summed E-state index contributed by atoms with van der Waals surface area (Å²) >= 11 is 13.4. The molecule has 0 aromatic heterocycles. The summed E-state index contributed by atoms with van der Waals surface area (Å²) in [7, 11) is 0. The minimum Gasteiger partial charge on any atom is -0.326 e. The average Bonchev–Trinajstić information content (AvgIpc) is 2.94. The van der Waals surface area contributed by atoms with E-state index in [0.717, 1.165) is 0 Å². The molecule has 0 radical (unpaired) electrons. The number of para-hydroxylation sites is 1. The van der Waals surface area contributed by atoms with Crippen LogP contribution in [-0.4, -0.2) is 33.7 Å². The summed E-state index contributed by atoms with van der Waals surface area (Å²) in [6, 6.07) is 14.1. The lowest BCUT2D eigenvalue weighted by molar-refractivity contribution is -0.127. The molecule has 2 aromatic carbocycles. The lowest BCUT2D eigenvalue weighted by Gasteiger charge is -2.14. The van der Waals surface area contributed by atoms with Crippen molar-refractivity contribution >= 4 is 63.3 Å². The second-order valence-electron chi connectivity index (χ2n) is 5.95. The zero-order chi connectivity index (χ0) is 20.1. The number of thioether (sulfide) groups is 1. The fourth-order valence-corrected chi connectivity index (χ4v) is 4.21. The summed E-state index contributed by atoms with van der Waals surface area (Å²) in [5.74, 6) is -0.418. The number of amides is 2. The Morgan fingerprint density at radius 3 is 2.68 bits per heavy atom. The number of benzene rings is 2. The zero-order valence-electron chi connectivity index (χ0n) is 14.8. The molecule has 0 saturated carbocycles. The van der Waals surface area contributed by atoms with Gasteiger partial charge in [0.15, 0.2) is 5.17 Å². The van der Waals surface area contributed by atoms with Gasteiger partial charge in [0.2, 0.25) is 11.8 Å². The molecule has 0 spiro atoms. The van der Waals surface area contributed by atoms with Gasteiger partial charge in [-0.1, -0.05) is 59.2 Å². The topological polar surface area (TPSA) is 61.8 Å². The molecule has 0 aliphatic carbocycles. The van der Waals surface area contributed by atoms with Gasteiger partial charge in [0.1, 0.15) is 5.25 Å². The molecule has 8 heteroatoms. The van der Waals surface area contributed by atoms with E-state index in [4.69, 9.17) is 23.2 Å². The second kappa shape index (κ2) is 9.28. The van der Waals surface area contributed by atoms with Crippen LogP contribution in [0.2, 0.25) is 10.0 Å². The zero-order valence-corrected chi connectivity index (χ0v) is 17.1. The van der Waals surface area contributed by atoms with Gasteiger partial charge in [-0.3, -0.25) is 14.5 Å². The molecule has 1 saturated heterocycles.